The summed E-state index contributed by atoms with van der Waals surface area (Å²) in [5.74, 6) is -0.488. The molecule has 170 valence electrons. The van der Waals surface area contributed by atoms with Gasteiger partial charge in [0.2, 0.25) is 0 Å². The first-order valence-electron chi connectivity index (χ1n) is 10.7. The Kier molecular flexibility index (Phi) is 9.76. The number of nitrogens with one attached hydrogen (secondary N) is 1. The Hall–Kier alpha value is -2.63. The molecule has 1 saturated heterocycles. The average Bonchev–Trinajstić information content (AvgIpc) is 2.79. The molecule has 8 heteroatoms. The van der Waals surface area contributed by atoms with E-state index in [1.807, 2.05) is 57.2 Å². The maximum atomic E-state index is 12.9. The Morgan fingerprint density at radius 2 is 1.94 bits per heavy atom. The van der Waals surface area contributed by atoms with Crippen LogP contribution in [0.15, 0.2) is 30.3 Å². The van der Waals surface area contributed by atoms with Crippen LogP contribution in [0.1, 0.15) is 39.2 Å². The lowest BCUT2D eigenvalue weighted by Crippen LogP contribution is -2.49. The van der Waals surface area contributed by atoms with Crippen molar-refractivity contribution in [1.82, 2.24) is 10.2 Å². The van der Waals surface area contributed by atoms with Crippen LogP contribution in [0.25, 0.3) is 0 Å². The summed E-state index contributed by atoms with van der Waals surface area (Å²) in [5.41, 5.74) is 0.770. The quantitative estimate of drug-likeness (QED) is 0.611. The third-order valence-corrected chi connectivity index (χ3v) is 5.37. The van der Waals surface area contributed by atoms with E-state index in [9.17, 15) is 14.9 Å². The molecule has 0 saturated carbocycles. The van der Waals surface area contributed by atoms with E-state index < -0.39 is 24.1 Å². The molecule has 8 nitrogen and oxygen atoms in total. The van der Waals surface area contributed by atoms with Gasteiger partial charge in [-0.2, -0.15) is 5.26 Å². The molecule has 2 unspecified atom stereocenters. The second-order valence-corrected chi connectivity index (χ2v) is 8.38. The second-order valence-electron chi connectivity index (χ2n) is 8.38. The Morgan fingerprint density at radius 1 is 1.26 bits per heavy atom. The molecular formula is C23H33N3O5. The first-order chi connectivity index (χ1) is 14.8. The molecule has 1 aromatic rings. The molecule has 0 spiro atoms. The Bertz CT molecular complexity index is 741. The number of nitriles is 1. The van der Waals surface area contributed by atoms with Crippen LogP contribution in [-0.4, -0.2) is 62.0 Å². The molecule has 1 aliphatic rings. The molecule has 0 bridgehead atoms. The highest BCUT2D eigenvalue weighted by molar-refractivity contribution is 5.84. The summed E-state index contributed by atoms with van der Waals surface area (Å²) in [6.07, 6.45) is -0.359. The van der Waals surface area contributed by atoms with Crippen LogP contribution < -0.4 is 5.32 Å². The number of carbonyl (C=O) groups is 2. The second kappa shape index (κ2) is 12.3. The van der Waals surface area contributed by atoms with Crippen molar-refractivity contribution in [3.8, 4) is 6.07 Å². The lowest BCUT2D eigenvalue weighted by atomic mass is 9.84. The standard InChI is InChI=1S/C23H33N3O5/c1-4-23(2,3)14-20(31-22(28)26-10-12-29-13-11-26)21(27)25-19(15-24)17-30-16-18-8-6-5-7-9-18/h5-9,19-20H,4,10-14,16-17H2,1-3H3,(H,25,27). The minimum atomic E-state index is -0.990. The van der Waals surface area contributed by atoms with Gasteiger partial charge in [0.05, 0.1) is 32.5 Å². The van der Waals surface area contributed by atoms with E-state index in [-0.39, 0.29) is 12.0 Å². The molecule has 31 heavy (non-hydrogen) atoms. The van der Waals surface area contributed by atoms with Crippen LogP contribution >= 0.6 is 0 Å². The van der Waals surface area contributed by atoms with Crippen LogP contribution in [0.4, 0.5) is 4.79 Å². The van der Waals surface area contributed by atoms with Gasteiger partial charge in [0.15, 0.2) is 6.10 Å². The fourth-order valence-electron chi connectivity index (χ4n) is 3.02. The van der Waals surface area contributed by atoms with Gasteiger partial charge in [-0.15, -0.1) is 0 Å². The molecule has 1 aromatic carbocycles. The number of nitrogens with zero attached hydrogens (tertiary/aromatic N) is 2. The summed E-state index contributed by atoms with van der Waals surface area (Å²) in [4.78, 5) is 27.0. The average molecular weight is 432 g/mol. The minimum absolute atomic E-state index is 0.0401. The predicted molar refractivity (Wildman–Crippen MR) is 115 cm³/mol. The molecule has 0 radical (unpaired) electrons. The van der Waals surface area contributed by atoms with Crippen molar-refractivity contribution < 1.29 is 23.8 Å². The van der Waals surface area contributed by atoms with Gasteiger partial charge in [0.1, 0.15) is 6.04 Å². The van der Waals surface area contributed by atoms with Crippen LogP contribution in [-0.2, 0) is 25.6 Å². The number of rotatable bonds is 10. The molecule has 0 aromatic heterocycles. The normalized spacial score (nSPS) is 16.1. The van der Waals surface area contributed by atoms with Gasteiger partial charge in [-0.3, -0.25) is 4.79 Å². The maximum absolute atomic E-state index is 12.9. The summed E-state index contributed by atoms with van der Waals surface area (Å²) >= 11 is 0. The Labute approximate surface area is 184 Å². The lowest BCUT2D eigenvalue weighted by molar-refractivity contribution is -0.132. The van der Waals surface area contributed by atoms with Crippen LogP contribution in [0, 0.1) is 16.7 Å². The fourth-order valence-corrected chi connectivity index (χ4v) is 3.02. The maximum Gasteiger partial charge on any atom is 0.410 e. The first kappa shape index (κ1) is 24.6. The summed E-state index contributed by atoms with van der Waals surface area (Å²) in [6.45, 7) is 8.18. The molecular weight excluding hydrogens is 398 g/mol. The summed E-state index contributed by atoms with van der Waals surface area (Å²) in [7, 11) is 0. The molecule has 1 heterocycles. The van der Waals surface area contributed by atoms with E-state index in [1.54, 1.807) is 0 Å². The zero-order valence-electron chi connectivity index (χ0n) is 18.6. The Morgan fingerprint density at radius 3 is 2.55 bits per heavy atom. The van der Waals surface area contributed by atoms with Gasteiger partial charge in [-0.25, -0.2) is 4.79 Å². The number of ether oxygens (including phenoxy) is 3. The van der Waals surface area contributed by atoms with E-state index in [4.69, 9.17) is 14.2 Å². The van der Waals surface area contributed by atoms with Gasteiger partial charge in [-0.1, -0.05) is 57.5 Å². The van der Waals surface area contributed by atoms with E-state index in [0.29, 0.717) is 39.3 Å². The molecule has 0 aliphatic carbocycles. The lowest BCUT2D eigenvalue weighted by Gasteiger charge is -2.31. The van der Waals surface area contributed by atoms with Crippen LogP contribution in [0.2, 0.25) is 0 Å². The molecule has 2 amide bonds. The van der Waals surface area contributed by atoms with Crippen molar-refractivity contribution in [3.63, 3.8) is 0 Å². The van der Waals surface area contributed by atoms with Gasteiger partial charge in [0.25, 0.3) is 5.91 Å². The molecule has 1 fully saturated rings. The van der Waals surface area contributed by atoms with Crippen molar-refractivity contribution in [1.29, 1.82) is 5.26 Å². The monoisotopic (exact) mass is 431 g/mol. The highest BCUT2D eigenvalue weighted by Crippen LogP contribution is 2.28. The van der Waals surface area contributed by atoms with Crippen molar-refractivity contribution in [2.45, 2.75) is 52.4 Å². The number of morpholine rings is 1. The van der Waals surface area contributed by atoms with E-state index in [2.05, 4.69) is 5.32 Å². The van der Waals surface area contributed by atoms with E-state index in [0.717, 1.165) is 12.0 Å². The topological polar surface area (TPSA) is 101 Å². The van der Waals surface area contributed by atoms with Crippen LogP contribution in [0.5, 0.6) is 0 Å². The van der Waals surface area contributed by atoms with Crippen molar-refractivity contribution in [2.24, 2.45) is 5.41 Å². The Balaban J connectivity index is 1.95. The largest absolute Gasteiger partial charge is 0.436 e. The van der Waals surface area contributed by atoms with E-state index in [1.165, 1.54) is 4.90 Å². The summed E-state index contributed by atoms with van der Waals surface area (Å²) in [5, 5.41) is 12.1. The molecule has 2 rings (SSSR count). The van der Waals surface area contributed by atoms with Crippen LogP contribution in [0.3, 0.4) is 0 Å². The summed E-state index contributed by atoms with van der Waals surface area (Å²) in [6, 6.07) is 10.8. The van der Waals surface area contributed by atoms with Gasteiger partial charge >= 0.3 is 6.09 Å². The smallest absolute Gasteiger partial charge is 0.410 e. The number of carbonyl (C=O) groups excluding carboxylic acids is 2. The fraction of sp³-hybridized carbons (Fsp3) is 0.609. The van der Waals surface area contributed by atoms with E-state index >= 15 is 0 Å². The van der Waals surface area contributed by atoms with Crippen molar-refractivity contribution >= 4 is 12.0 Å². The van der Waals surface area contributed by atoms with Crippen molar-refractivity contribution in [2.75, 3.05) is 32.9 Å². The number of amides is 2. The first-order valence-corrected chi connectivity index (χ1v) is 10.7. The number of hydrogen-bond donors (Lipinski definition) is 1. The number of hydrogen-bond acceptors (Lipinski definition) is 6. The minimum Gasteiger partial charge on any atom is -0.436 e. The third kappa shape index (κ3) is 8.56. The van der Waals surface area contributed by atoms with Crippen molar-refractivity contribution in [3.05, 3.63) is 35.9 Å². The zero-order valence-corrected chi connectivity index (χ0v) is 18.6. The highest BCUT2D eigenvalue weighted by atomic mass is 16.6. The molecule has 1 aliphatic heterocycles. The zero-order chi connectivity index (χ0) is 22.7. The number of benzene rings is 1. The SMILES string of the molecule is CCC(C)(C)CC(OC(=O)N1CCOCC1)C(=O)NC(C#N)COCc1ccccc1. The van der Waals surface area contributed by atoms with Gasteiger partial charge in [-0.05, 0) is 17.4 Å². The summed E-state index contributed by atoms with van der Waals surface area (Å²) < 4.78 is 16.4. The predicted octanol–water partition coefficient (Wildman–Crippen LogP) is 2.88. The molecule has 2 atom stereocenters. The van der Waals surface area contributed by atoms with Gasteiger partial charge < -0.3 is 24.4 Å². The van der Waals surface area contributed by atoms with Gasteiger partial charge in [0, 0.05) is 13.1 Å². The molecule has 1 N–H and O–H groups in total. The third-order valence-electron chi connectivity index (χ3n) is 5.37. The highest BCUT2D eigenvalue weighted by Gasteiger charge is 2.33.